The van der Waals surface area contributed by atoms with Gasteiger partial charge < -0.3 is 28.4 Å². The molecular formula is AlMgO8PS. The Kier molecular flexibility index (Phi) is 17.2. The van der Waals surface area contributed by atoms with Crippen LogP contribution in [0, 0.1) is 0 Å². The maximum absolute atomic E-state index is 8.55. The molecule has 0 aromatic carbocycles. The fraction of sp³-hybridized carbons (Fsp3) is 0. The Labute approximate surface area is 95.1 Å². The van der Waals surface area contributed by atoms with E-state index in [2.05, 4.69) is 0 Å². The van der Waals surface area contributed by atoms with Crippen molar-refractivity contribution in [3.8, 4) is 0 Å². The van der Waals surface area contributed by atoms with Crippen LogP contribution in [0.5, 0.6) is 0 Å². The maximum Gasteiger partial charge on any atom is 3.00 e. The summed E-state index contributed by atoms with van der Waals surface area (Å²) in [6.45, 7) is 0. The second kappa shape index (κ2) is 8.86. The largest absolute Gasteiger partial charge is 3.00 e. The van der Waals surface area contributed by atoms with Crippen LogP contribution in [0.3, 0.4) is 0 Å². The summed E-state index contributed by atoms with van der Waals surface area (Å²) in [5.41, 5.74) is 0. The minimum atomic E-state index is -5.39. The third-order valence-corrected chi connectivity index (χ3v) is 0. The van der Waals surface area contributed by atoms with Crippen molar-refractivity contribution in [3.63, 3.8) is 0 Å². The molecule has 12 heavy (non-hydrogen) atoms. The summed E-state index contributed by atoms with van der Waals surface area (Å²) in [5, 5.41) is 0. The van der Waals surface area contributed by atoms with Crippen molar-refractivity contribution in [1.29, 1.82) is 0 Å². The molecule has 0 radical (unpaired) electrons. The Hall–Kier alpha value is 1.28. The van der Waals surface area contributed by atoms with Gasteiger partial charge >= 0.3 is 40.4 Å². The first-order chi connectivity index (χ1) is 4.00. The molecule has 0 spiro atoms. The summed E-state index contributed by atoms with van der Waals surface area (Å²) in [5.74, 6) is 0. The van der Waals surface area contributed by atoms with E-state index in [4.69, 9.17) is 36.8 Å². The van der Waals surface area contributed by atoms with Gasteiger partial charge in [0.1, 0.15) is 0 Å². The maximum atomic E-state index is 8.55. The summed E-state index contributed by atoms with van der Waals surface area (Å²) < 4.78 is 42.6. The molecule has 0 fully saturated rings. The summed E-state index contributed by atoms with van der Waals surface area (Å²) in [6.07, 6.45) is 0. The molecule has 0 aromatic heterocycles. The monoisotopic (exact) mass is 242 g/mol. The first-order valence-electron chi connectivity index (χ1n) is 1.40. The van der Waals surface area contributed by atoms with Crippen molar-refractivity contribution in [1.82, 2.24) is 0 Å². The summed E-state index contributed by atoms with van der Waals surface area (Å²) in [6, 6.07) is 0. The van der Waals surface area contributed by atoms with Gasteiger partial charge in [-0.15, -0.1) is 0 Å². The van der Waals surface area contributed by atoms with Gasteiger partial charge in [0.2, 0.25) is 0 Å². The molecule has 0 atom stereocenters. The van der Waals surface area contributed by atoms with E-state index in [-0.39, 0.29) is 40.4 Å². The molecule has 0 heterocycles. The van der Waals surface area contributed by atoms with Crippen LogP contribution < -0.4 is 14.7 Å². The number of rotatable bonds is 0. The van der Waals surface area contributed by atoms with E-state index in [0.717, 1.165) is 0 Å². The van der Waals surface area contributed by atoms with Crippen molar-refractivity contribution in [2.45, 2.75) is 0 Å². The van der Waals surface area contributed by atoms with Crippen LogP contribution in [0.25, 0.3) is 0 Å². The van der Waals surface area contributed by atoms with Gasteiger partial charge in [0, 0.05) is 10.4 Å². The third-order valence-electron chi connectivity index (χ3n) is 0. The molecule has 0 aliphatic carbocycles. The van der Waals surface area contributed by atoms with E-state index in [1.807, 2.05) is 0 Å². The van der Waals surface area contributed by atoms with Crippen molar-refractivity contribution in [3.05, 3.63) is 0 Å². The molecule has 64 valence electrons. The van der Waals surface area contributed by atoms with Crippen LogP contribution in [0.1, 0.15) is 0 Å². The standard InChI is InChI=1S/Al.Mg.H3O4P.H2O4S/c;;2*1-5(2,3)4/h;;(H3,1,2,3,4);(H2,1,2,3,4)/q+3;+2;;/p-5. The second-order valence-electron chi connectivity index (χ2n) is 0.855. The number of hydrogen-bond acceptors (Lipinski definition) is 8. The normalized spacial score (nSPS) is 9.75. The molecule has 0 aromatic rings. The summed E-state index contributed by atoms with van der Waals surface area (Å²) >= 11 is 0. The summed E-state index contributed by atoms with van der Waals surface area (Å²) in [7, 11) is -10.6. The average Bonchev–Trinajstić information content (AvgIpc) is 1.12. The smallest absolute Gasteiger partial charge is 0.822 e. The molecular weight excluding hydrogens is 242 g/mol. The van der Waals surface area contributed by atoms with Gasteiger partial charge in [0.25, 0.3) is 0 Å². The van der Waals surface area contributed by atoms with E-state index in [0.29, 0.717) is 0 Å². The molecule has 0 aliphatic heterocycles. The van der Waals surface area contributed by atoms with Gasteiger partial charge in [0.15, 0.2) is 0 Å². The molecule has 0 saturated carbocycles. The van der Waals surface area contributed by atoms with Gasteiger partial charge in [-0.1, -0.05) is 0 Å². The zero-order valence-electron chi connectivity index (χ0n) is 5.41. The molecule has 0 unspecified atom stereocenters. The van der Waals surface area contributed by atoms with Crippen LogP contribution >= 0.6 is 7.82 Å². The van der Waals surface area contributed by atoms with Crippen molar-refractivity contribution in [2.24, 2.45) is 0 Å². The molecule has 0 aliphatic rings. The number of hydrogen-bond donors (Lipinski definition) is 0. The molecule has 0 amide bonds. The molecule has 0 rings (SSSR count). The topological polar surface area (TPSA) is 167 Å². The van der Waals surface area contributed by atoms with Gasteiger partial charge in [-0.2, -0.15) is 7.82 Å². The zero-order chi connectivity index (χ0) is 9.00. The molecule has 0 saturated heterocycles. The second-order valence-corrected chi connectivity index (χ2v) is 2.57. The van der Waals surface area contributed by atoms with E-state index < -0.39 is 18.2 Å². The minimum Gasteiger partial charge on any atom is -0.822 e. The van der Waals surface area contributed by atoms with E-state index in [1.54, 1.807) is 0 Å². The Bertz CT molecular complexity index is 197. The van der Waals surface area contributed by atoms with Gasteiger partial charge in [-0.25, -0.2) is 0 Å². The van der Waals surface area contributed by atoms with Gasteiger partial charge in [0.05, 0.1) is 0 Å². The quantitative estimate of drug-likeness (QED) is 0.176. The average molecular weight is 242 g/mol. The minimum absolute atomic E-state index is 0. The van der Waals surface area contributed by atoms with E-state index in [9.17, 15) is 0 Å². The number of phosphoric acid groups is 1. The predicted molar refractivity (Wildman–Crippen MR) is 29.6 cm³/mol. The fourth-order valence-electron chi connectivity index (χ4n) is 0. The van der Waals surface area contributed by atoms with Crippen LogP contribution in [-0.2, 0) is 15.0 Å². The Balaban J connectivity index is -0.0000000457. The molecule has 8 nitrogen and oxygen atoms in total. The Morgan fingerprint density at radius 1 is 1.00 bits per heavy atom. The SMILES string of the molecule is O=P([O-])([O-])[O-].O=S(=O)([O-])[O-].[Al+3].[Mg+2]. The van der Waals surface area contributed by atoms with Crippen LogP contribution in [0.15, 0.2) is 0 Å². The summed E-state index contributed by atoms with van der Waals surface area (Å²) in [4.78, 5) is 25.6. The van der Waals surface area contributed by atoms with Crippen molar-refractivity contribution >= 4 is 58.6 Å². The fourth-order valence-corrected chi connectivity index (χ4v) is 0. The first kappa shape index (κ1) is 23.3. The third kappa shape index (κ3) is 729. The Morgan fingerprint density at radius 2 is 1.00 bits per heavy atom. The molecule has 0 N–H and O–H groups in total. The first-order valence-corrected chi connectivity index (χ1v) is 4.19. The van der Waals surface area contributed by atoms with E-state index in [1.165, 1.54) is 0 Å². The molecule has 0 bridgehead atoms. The van der Waals surface area contributed by atoms with E-state index >= 15 is 0 Å². The predicted octanol–water partition coefficient (Wildman–Crippen LogP) is -4.92. The van der Waals surface area contributed by atoms with Crippen LogP contribution in [-0.4, -0.2) is 57.9 Å². The van der Waals surface area contributed by atoms with Crippen LogP contribution in [0.4, 0.5) is 0 Å². The zero-order valence-corrected chi connectivity index (χ0v) is 9.69. The Morgan fingerprint density at radius 3 is 1.00 bits per heavy atom. The van der Waals surface area contributed by atoms with Crippen molar-refractivity contribution in [2.75, 3.05) is 0 Å². The van der Waals surface area contributed by atoms with Crippen LogP contribution in [0.2, 0.25) is 0 Å². The van der Waals surface area contributed by atoms with Crippen molar-refractivity contribution < 1.29 is 36.8 Å². The van der Waals surface area contributed by atoms with Gasteiger partial charge in [-0.3, -0.25) is 8.42 Å². The molecule has 12 heteroatoms. The van der Waals surface area contributed by atoms with Gasteiger partial charge in [-0.05, 0) is 0 Å².